The van der Waals surface area contributed by atoms with Crippen LogP contribution < -0.4 is 0 Å². The molecule has 0 saturated carbocycles. The largest absolute Gasteiger partial charge is 0.416 e. The van der Waals surface area contributed by atoms with Gasteiger partial charge in [-0.3, -0.25) is 9.80 Å². The van der Waals surface area contributed by atoms with Crippen molar-refractivity contribution in [1.82, 2.24) is 9.80 Å². The van der Waals surface area contributed by atoms with Crippen LogP contribution in [0.5, 0.6) is 0 Å². The summed E-state index contributed by atoms with van der Waals surface area (Å²) >= 11 is 1.68. The number of benzene rings is 1. The Kier molecular flexibility index (Phi) is 6.02. The van der Waals surface area contributed by atoms with E-state index in [9.17, 15) is 18.3 Å². The average molecular weight is 384 g/mol. The Morgan fingerprint density at radius 1 is 1.12 bits per heavy atom. The number of hydrogen-bond acceptors (Lipinski definition) is 4. The van der Waals surface area contributed by atoms with Crippen molar-refractivity contribution in [2.24, 2.45) is 0 Å². The van der Waals surface area contributed by atoms with Gasteiger partial charge in [0.05, 0.1) is 11.7 Å². The van der Waals surface area contributed by atoms with Crippen molar-refractivity contribution in [2.45, 2.75) is 25.2 Å². The van der Waals surface area contributed by atoms with E-state index in [1.165, 1.54) is 23.8 Å². The average Bonchev–Trinajstić information content (AvgIpc) is 3.15. The molecule has 1 aromatic heterocycles. The molecule has 1 aromatic carbocycles. The standard InChI is InChI=1S/C19H23F3N2OS/c1-14(15-6-11-26-13-15)24-9-7-23(8-10-24)12-18(25)16-4-2-3-5-17(16)19(20,21)22/h2-6,11,13-14,18,25H,7-10,12H2,1H3. The topological polar surface area (TPSA) is 26.7 Å². The second-order valence-electron chi connectivity index (χ2n) is 6.67. The highest BCUT2D eigenvalue weighted by Gasteiger charge is 2.35. The lowest BCUT2D eigenvalue weighted by atomic mass is 10.0. The minimum Gasteiger partial charge on any atom is -0.387 e. The van der Waals surface area contributed by atoms with Gasteiger partial charge in [0.1, 0.15) is 0 Å². The van der Waals surface area contributed by atoms with Crippen molar-refractivity contribution in [3.63, 3.8) is 0 Å². The minimum absolute atomic E-state index is 0.0472. The van der Waals surface area contributed by atoms with E-state index >= 15 is 0 Å². The zero-order valence-corrected chi connectivity index (χ0v) is 15.4. The van der Waals surface area contributed by atoms with Crippen molar-refractivity contribution < 1.29 is 18.3 Å². The van der Waals surface area contributed by atoms with Crippen LogP contribution in [-0.2, 0) is 6.18 Å². The highest BCUT2D eigenvalue weighted by Crippen LogP contribution is 2.35. The van der Waals surface area contributed by atoms with Crippen molar-refractivity contribution in [1.29, 1.82) is 0 Å². The number of hydrogen-bond donors (Lipinski definition) is 1. The molecule has 1 saturated heterocycles. The molecule has 142 valence electrons. The summed E-state index contributed by atoms with van der Waals surface area (Å²) in [4.78, 5) is 4.41. The first kappa shape index (κ1) is 19.4. The van der Waals surface area contributed by atoms with Crippen LogP contribution in [0.25, 0.3) is 0 Å². The van der Waals surface area contributed by atoms with E-state index in [0.29, 0.717) is 6.04 Å². The Hall–Kier alpha value is -1.41. The van der Waals surface area contributed by atoms with E-state index < -0.39 is 17.8 Å². The molecule has 2 atom stereocenters. The van der Waals surface area contributed by atoms with Gasteiger partial charge in [0.25, 0.3) is 0 Å². The van der Waals surface area contributed by atoms with E-state index in [-0.39, 0.29) is 12.1 Å². The normalized spacial score (nSPS) is 19.4. The molecule has 0 aliphatic carbocycles. The minimum atomic E-state index is -4.45. The Morgan fingerprint density at radius 3 is 2.42 bits per heavy atom. The maximum Gasteiger partial charge on any atom is 0.416 e. The number of aliphatic hydroxyl groups is 1. The van der Waals surface area contributed by atoms with Crippen LogP contribution in [0.1, 0.15) is 35.8 Å². The van der Waals surface area contributed by atoms with Crippen LogP contribution in [0.15, 0.2) is 41.1 Å². The molecule has 0 radical (unpaired) electrons. The zero-order valence-electron chi connectivity index (χ0n) is 14.6. The molecule has 3 nitrogen and oxygen atoms in total. The lowest BCUT2D eigenvalue weighted by Gasteiger charge is -2.38. The number of halogens is 3. The zero-order chi connectivity index (χ0) is 18.7. The fourth-order valence-electron chi connectivity index (χ4n) is 3.45. The lowest BCUT2D eigenvalue weighted by molar-refractivity contribution is -0.139. The quantitative estimate of drug-likeness (QED) is 0.838. The Bertz CT molecular complexity index is 697. The molecule has 1 N–H and O–H groups in total. The van der Waals surface area contributed by atoms with E-state index in [2.05, 4.69) is 28.7 Å². The highest BCUT2D eigenvalue weighted by atomic mass is 32.1. The third kappa shape index (κ3) is 4.46. The van der Waals surface area contributed by atoms with E-state index in [1.54, 1.807) is 11.3 Å². The second-order valence-corrected chi connectivity index (χ2v) is 7.45. The third-order valence-electron chi connectivity index (χ3n) is 5.04. The predicted molar refractivity (Wildman–Crippen MR) is 97.2 cm³/mol. The number of piperazine rings is 1. The first-order valence-corrected chi connectivity index (χ1v) is 9.63. The number of aliphatic hydroxyl groups excluding tert-OH is 1. The first-order valence-electron chi connectivity index (χ1n) is 8.69. The molecule has 0 amide bonds. The molecule has 2 aromatic rings. The molecular weight excluding hydrogens is 361 g/mol. The van der Waals surface area contributed by atoms with Gasteiger partial charge in [0.2, 0.25) is 0 Å². The molecule has 2 heterocycles. The maximum atomic E-state index is 13.1. The molecular formula is C19H23F3N2OS. The Balaban J connectivity index is 1.58. The van der Waals surface area contributed by atoms with Gasteiger partial charge in [-0.15, -0.1) is 0 Å². The molecule has 1 fully saturated rings. The molecule has 7 heteroatoms. The van der Waals surface area contributed by atoms with Gasteiger partial charge in [-0.25, -0.2) is 0 Å². The van der Waals surface area contributed by atoms with Gasteiger partial charge >= 0.3 is 6.18 Å². The molecule has 3 rings (SSSR count). The van der Waals surface area contributed by atoms with Gasteiger partial charge in [0, 0.05) is 38.8 Å². The summed E-state index contributed by atoms with van der Waals surface area (Å²) in [5.41, 5.74) is 0.494. The summed E-state index contributed by atoms with van der Waals surface area (Å²) in [6.07, 6.45) is -5.60. The molecule has 1 aliphatic heterocycles. The summed E-state index contributed by atoms with van der Waals surface area (Å²) < 4.78 is 39.4. The summed E-state index contributed by atoms with van der Waals surface area (Å²) in [6.45, 7) is 5.54. The van der Waals surface area contributed by atoms with Gasteiger partial charge in [0.15, 0.2) is 0 Å². The van der Waals surface area contributed by atoms with Crippen molar-refractivity contribution in [3.8, 4) is 0 Å². The number of nitrogens with zero attached hydrogens (tertiary/aromatic N) is 2. The summed E-state index contributed by atoms with van der Waals surface area (Å²) in [5.74, 6) is 0. The van der Waals surface area contributed by atoms with Gasteiger partial charge in [-0.05, 0) is 40.9 Å². The van der Waals surface area contributed by atoms with Crippen molar-refractivity contribution in [2.75, 3.05) is 32.7 Å². The van der Waals surface area contributed by atoms with Crippen molar-refractivity contribution >= 4 is 11.3 Å². The van der Waals surface area contributed by atoms with Gasteiger partial charge < -0.3 is 5.11 Å². The molecule has 1 aliphatic rings. The second kappa shape index (κ2) is 8.08. The monoisotopic (exact) mass is 384 g/mol. The van der Waals surface area contributed by atoms with Gasteiger partial charge in [-0.2, -0.15) is 24.5 Å². The smallest absolute Gasteiger partial charge is 0.387 e. The maximum absolute atomic E-state index is 13.1. The third-order valence-corrected chi connectivity index (χ3v) is 5.74. The molecule has 0 spiro atoms. The van der Waals surface area contributed by atoms with E-state index in [4.69, 9.17) is 0 Å². The van der Waals surface area contributed by atoms with Crippen LogP contribution in [0.4, 0.5) is 13.2 Å². The molecule has 2 unspecified atom stereocenters. The van der Waals surface area contributed by atoms with E-state index in [1.807, 2.05) is 4.90 Å². The van der Waals surface area contributed by atoms with Crippen molar-refractivity contribution in [3.05, 3.63) is 57.8 Å². The highest BCUT2D eigenvalue weighted by molar-refractivity contribution is 7.07. The Labute approximate surface area is 155 Å². The van der Waals surface area contributed by atoms with E-state index in [0.717, 1.165) is 32.2 Å². The summed E-state index contributed by atoms with van der Waals surface area (Å²) in [7, 11) is 0. The fraction of sp³-hybridized carbons (Fsp3) is 0.474. The first-order chi connectivity index (χ1) is 12.4. The van der Waals surface area contributed by atoms with Crippen LogP contribution in [-0.4, -0.2) is 47.6 Å². The predicted octanol–water partition coefficient (Wildman–Crippen LogP) is 4.18. The summed E-state index contributed by atoms with van der Waals surface area (Å²) in [5, 5.41) is 14.6. The number of rotatable bonds is 5. The number of thiophene rings is 1. The number of alkyl halides is 3. The Morgan fingerprint density at radius 2 is 1.81 bits per heavy atom. The summed E-state index contributed by atoms with van der Waals surface area (Å²) in [6, 6.07) is 7.73. The number of β-amino-alcohol motifs (C(OH)–C–C–N with tert-alkyl or cyclic N) is 1. The lowest BCUT2D eigenvalue weighted by Crippen LogP contribution is -2.48. The van der Waals surface area contributed by atoms with Gasteiger partial charge in [-0.1, -0.05) is 18.2 Å². The molecule has 0 bridgehead atoms. The van der Waals surface area contributed by atoms with Crippen LogP contribution in [0.2, 0.25) is 0 Å². The molecule has 26 heavy (non-hydrogen) atoms. The van der Waals surface area contributed by atoms with Crippen LogP contribution >= 0.6 is 11.3 Å². The fourth-order valence-corrected chi connectivity index (χ4v) is 4.19. The van der Waals surface area contributed by atoms with Crippen LogP contribution in [0.3, 0.4) is 0 Å². The van der Waals surface area contributed by atoms with Crippen LogP contribution in [0, 0.1) is 0 Å². The SMILES string of the molecule is CC(c1ccsc1)N1CCN(CC(O)c2ccccc2C(F)(F)F)CC1.